The van der Waals surface area contributed by atoms with Gasteiger partial charge in [-0.05, 0) is 25.0 Å². The van der Waals surface area contributed by atoms with Crippen molar-refractivity contribution in [1.29, 1.82) is 0 Å². The van der Waals surface area contributed by atoms with Crippen molar-refractivity contribution in [3.63, 3.8) is 0 Å². The molecule has 0 bridgehead atoms. The van der Waals surface area contributed by atoms with E-state index in [1.165, 1.54) is 15.5 Å². The van der Waals surface area contributed by atoms with Crippen molar-refractivity contribution in [2.24, 2.45) is 0 Å². The van der Waals surface area contributed by atoms with Crippen LogP contribution in [0.1, 0.15) is 44.0 Å². The standard InChI is InChI=1S/C24H27N3O6S/c1-17-6-8-18(9-7-17)16-25-22(29)20-15-19(5-3-13-28)21-24(31)26(10-4-14-34(2,32)33)11-12-27(21)23(20)30/h6-9,15,28H,4,10-14,16H2,1-2H3,(H,25,29). The zero-order valence-electron chi connectivity index (χ0n) is 19.1. The second-order valence-corrected chi connectivity index (χ2v) is 10.4. The molecule has 10 heteroatoms. The fourth-order valence-electron chi connectivity index (χ4n) is 3.69. The molecule has 1 aromatic heterocycles. The lowest BCUT2D eigenvalue weighted by Crippen LogP contribution is -2.47. The Morgan fingerprint density at radius 1 is 1.18 bits per heavy atom. The normalized spacial score (nSPS) is 13.1. The quantitative estimate of drug-likeness (QED) is 0.544. The van der Waals surface area contributed by atoms with E-state index in [4.69, 9.17) is 5.11 Å². The molecule has 0 saturated heterocycles. The Kier molecular flexibility index (Phi) is 7.91. The number of fused-ring (bicyclic) bond motifs is 1. The number of rotatable bonds is 7. The van der Waals surface area contributed by atoms with Crippen LogP contribution in [0.3, 0.4) is 0 Å². The number of aromatic nitrogens is 1. The van der Waals surface area contributed by atoms with Gasteiger partial charge in [-0.1, -0.05) is 41.7 Å². The summed E-state index contributed by atoms with van der Waals surface area (Å²) in [6.07, 6.45) is 1.40. The Balaban J connectivity index is 1.89. The lowest BCUT2D eigenvalue weighted by atomic mass is 10.1. The van der Waals surface area contributed by atoms with Crippen LogP contribution in [0.25, 0.3) is 0 Å². The van der Waals surface area contributed by atoms with E-state index in [0.29, 0.717) is 0 Å². The van der Waals surface area contributed by atoms with Gasteiger partial charge in [0.1, 0.15) is 27.7 Å². The predicted octanol–water partition coefficient (Wildman–Crippen LogP) is 0.321. The van der Waals surface area contributed by atoms with Gasteiger partial charge in [-0.2, -0.15) is 0 Å². The molecule has 9 nitrogen and oxygen atoms in total. The number of hydrogen-bond acceptors (Lipinski definition) is 6. The van der Waals surface area contributed by atoms with Crippen molar-refractivity contribution in [2.75, 3.05) is 31.7 Å². The molecule has 1 aliphatic rings. The molecule has 0 fully saturated rings. The van der Waals surface area contributed by atoms with E-state index >= 15 is 0 Å². The minimum Gasteiger partial charge on any atom is -0.384 e. The number of pyridine rings is 1. The molecule has 2 heterocycles. The molecule has 2 N–H and O–H groups in total. The summed E-state index contributed by atoms with van der Waals surface area (Å²) in [5, 5.41) is 11.9. The van der Waals surface area contributed by atoms with Crippen LogP contribution >= 0.6 is 0 Å². The number of amides is 2. The molecule has 2 amide bonds. The van der Waals surface area contributed by atoms with Crippen molar-refractivity contribution in [3.05, 3.63) is 68.6 Å². The summed E-state index contributed by atoms with van der Waals surface area (Å²) in [4.78, 5) is 40.5. The van der Waals surface area contributed by atoms with E-state index in [2.05, 4.69) is 17.2 Å². The van der Waals surface area contributed by atoms with Gasteiger partial charge in [0.25, 0.3) is 17.4 Å². The Bertz CT molecular complexity index is 1320. The number of carbonyl (C=O) groups is 2. The molecule has 0 unspecified atom stereocenters. The van der Waals surface area contributed by atoms with Gasteiger partial charge in [0.15, 0.2) is 0 Å². The lowest BCUT2D eigenvalue weighted by Gasteiger charge is -2.30. The third kappa shape index (κ3) is 6.12. The van der Waals surface area contributed by atoms with E-state index in [1.807, 2.05) is 31.2 Å². The van der Waals surface area contributed by atoms with E-state index < -0.39 is 33.8 Å². The first-order valence-electron chi connectivity index (χ1n) is 10.8. The van der Waals surface area contributed by atoms with Gasteiger partial charge < -0.3 is 19.9 Å². The van der Waals surface area contributed by atoms with Crippen LogP contribution in [0, 0.1) is 18.8 Å². The van der Waals surface area contributed by atoms with Crippen molar-refractivity contribution in [2.45, 2.75) is 26.4 Å². The van der Waals surface area contributed by atoms with Crippen LogP contribution in [-0.2, 0) is 22.9 Å². The van der Waals surface area contributed by atoms with Crippen LogP contribution in [0.4, 0.5) is 0 Å². The van der Waals surface area contributed by atoms with Crippen LogP contribution in [-0.4, -0.2) is 66.5 Å². The maximum absolute atomic E-state index is 13.1. The molecule has 0 saturated carbocycles. The molecule has 34 heavy (non-hydrogen) atoms. The molecule has 0 radical (unpaired) electrons. The summed E-state index contributed by atoms with van der Waals surface area (Å²) in [7, 11) is -3.16. The highest BCUT2D eigenvalue weighted by molar-refractivity contribution is 7.90. The summed E-state index contributed by atoms with van der Waals surface area (Å²) in [5.74, 6) is 4.03. The van der Waals surface area contributed by atoms with Gasteiger partial charge in [0.05, 0.1) is 11.3 Å². The smallest absolute Gasteiger partial charge is 0.271 e. The molecule has 1 aromatic carbocycles. The maximum Gasteiger partial charge on any atom is 0.271 e. The summed E-state index contributed by atoms with van der Waals surface area (Å²) in [6.45, 7) is 2.29. The number of hydrogen-bond donors (Lipinski definition) is 2. The van der Waals surface area contributed by atoms with Gasteiger partial charge in [-0.3, -0.25) is 14.4 Å². The first-order valence-corrected chi connectivity index (χ1v) is 12.8. The Morgan fingerprint density at radius 2 is 1.88 bits per heavy atom. The number of sulfone groups is 1. The van der Waals surface area contributed by atoms with Crippen molar-refractivity contribution >= 4 is 21.7 Å². The molecular weight excluding hydrogens is 458 g/mol. The highest BCUT2D eigenvalue weighted by Gasteiger charge is 2.30. The fourth-order valence-corrected chi connectivity index (χ4v) is 4.34. The molecule has 2 aromatic rings. The van der Waals surface area contributed by atoms with Gasteiger partial charge in [-0.15, -0.1) is 0 Å². The SMILES string of the molecule is Cc1ccc(CNC(=O)c2cc(C#CCO)c3n(c2=O)CCN(CCCS(C)(=O)=O)C3=O)cc1. The second kappa shape index (κ2) is 10.7. The average molecular weight is 486 g/mol. The molecule has 3 rings (SSSR count). The topological polar surface area (TPSA) is 126 Å². The van der Waals surface area contributed by atoms with Crippen molar-refractivity contribution < 1.29 is 23.1 Å². The minimum atomic E-state index is -3.16. The van der Waals surface area contributed by atoms with Crippen molar-refractivity contribution in [1.82, 2.24) is 14.8 Å². The Hall–Kier alpha value is -3.42. The number of nitrogens with zero attached hydrogens (tertiary/aromatic N) is 2. The van der Waals surface area contributed by atoms with Crippen LogP contribution in [0.2, 0.25) is 0 Å². The zero-order chi connectivity index (χ0) is 24.9. The van der Waals surface area contributed by atoms with Crippen molar-refractivity contribution in [3.8, 4) is 11.8 Å². The number of aryl methyl sites for hydroxylation is 1. The number of aliphatic hydroxyl groups excluding tert-OH is 1. The molecule has 0 atom stereocenters. The fraction of sp³-hybridized carbons (Fsp3) is 0.375. The number of benzene rings is 1. The summed E-state index contributed by atoms with van der Waals surface area (Å²) in [5.41, 5.74) is 1.41. The predicted molar refractivity (Wildman–Crippen MR) is 127 cm³/mol. The largest absolute Gasteiger partial charge is 0.384 e. The first-order chi connectivity index (χ1) is 16.1. The average Bonchev–Trinajstić information content (AvgIpc) is 2.78. The molecule has 1 aliphatic heterocycles. The van der Waals surface area contributed by atoms with Crippen LogP contribution in [0.15, 0.2) is 35.1 Å². The van der Waals surface area contributed by atoms with E-state index in [0.717, 1.165) is 17.4 Å². The lowest BCUT2D eigenvalue weighted by molar-refractivity contribution is 0.0698. The molecule has 0 spiro atoms. The summed E-state index contributed by atoms with van der Waals surface area (Å²) >= 11 is 0. The molecular formula is C24H27N3O6S. The number of carbonyl (C=O) groups excluding carboxylic acids is 2. The Labute approximate surface area is 198 Å². The van der Waals surface area contributed by atoms with Crippen LogP contribution in [0.5, 0.6) is 0 Å². The van der Waals surface area contributed by atoms with Gasteiger partial charge in [0, 0.05) is 32.4 Å². The monoisotopic (exact) mass is 485 g/mol. The zero-order valence-corrected chi connectivity index (χ0v) is 19.9. The number of nitrogens with one attached hydrogen (secondary N) is 1. The maximum atomic E-state index is 13.1. The van der Waals surface area contributed by atoms with E-state index in [9.17, 15) is 22.8 Å². The third-order valence-corrected chi connectivity index (χ3v) is 6.47. The molecule has 0 aliphatic carbocycles. The third-order valence-electron chi connectivity index (χ3n) is 5.44. The highest BCUT2D eigenvalue weighted by atomic mass is 32.2. The Morgan fingerprint density at radius 3 is 2.53 bits per heavy atom. The van der Waals surface area contributed by atoms with Crippen LogP contribution < -0.4 is 10.9 Å². The second-order valence-electron chi connectivity index (χ2n) is 8.18. The van der Waals surface area contributed by atoms with E-state index in [-0.39, 0.29) is 55.2 Å². The summed E-state index contributed by atoms with van der Waals surface area (Å²) in [6, 6.07) is 8.88. The molecule has 180 valence electrons. The first kappa shape index (κ1) is 25.2. The summed E-state index contributed by atoms with van der Waals surface area (Å²) < 4.78 is 24.0. The number of aliphatic hydroxyl groups is 1. The highest BCUT2D eigenvalue weighted by Crippen LogP contribution is 2.17. The van der Waals surface area contributed by atoms with E-state index in [1.54, 1.807) is 0 Å². The van der Waals surface area contributed by atoms with Gasteiger partial charge in [-0.25, -0.2) is 8.42 Å². The van der Waals surface area contributed by atoms with Gasteiger partial charge >= 0.3 is 0 Å². The van der Waals surface area contributed by atoms with Gasteiger partial charge in [0.2, 0.25) is 0 Å². The minimum absolute atomic E-state index is 0.0339.